The van der Waals surface area contributed by atoms with Crippen LogP contribution in [0.4, 0.5) is 15.9 Å². The van der Waals surface area contributed by atoms with Gasteiger partial charge in [-0.25, -0.2) is 9.37 Å². The van der Waals surface area contributed by atoms with Crippen molar-refractivity contribution in [1.82, 2.24) is 9.88 Å². The van der Waals surface area contributed by atoms with Crippen LogP contribution in [-0.4, -0.2) is 55.1 Å². The standard InChI is InChI=1S/C20H25FN4O/c1-3-23(4-2)20(26)16-5-10-19(22-15-16)25-13-11-24(12-14-25)18-8-6-17(21)7-9-18/h5-10,15H,3-4,11-14H2,1-2H3. The van der Waals surface area contributed by atoms with Gasteiger partial charge in [-0.1, -0.05) is 0 Å². The highest BCUT2D eigenvalue weighted by atomic mass is 19.1. The first kappa shape index (κ1) is 18.2. The SMILES string of the molecule is CCN(CC)C(=O)c1ccc(N2CCN(c3ccc(F)cc3)CC2)nc1. The first-order valence-electron chi connectivity index (χ1n) is 9.13. The first-order valence-corrected chi connectivity index (χ1v) is 9.13. The molecule has 0 N–H and O–H groups in total. The van der Waals surface area contributed by atoms with E-state index in [2.05, 4.69) is 14.8 Å². The van der Waals surface area contributed by atoms with Crippen LogP contribution in [0.2, 0.25) is 0 Å². The minimum atomic E-state index is -0.212. The second kappa shape index (κ2) is 8.17. The van der Waals surface area contributed by atoms with Crippen molar-refractivity contribution in [3.05, 3.63) is 54.0 Å². The summed E-state index contributed by atoms with van der Waals surface area (Å²) >= 11 is 0. The molecule has 1 saturated heterocycles. The van der Waals surface area contributed by atoms with Crippen LogP contribution >= 0.6 is 0 Å². The Hall–Kier alpha value is -2.63. The van der Waals surface area contributed by atoms with E-state index in [1.165, 1.54) is 12.1 Å². The van der Waals surface area contributed by atoms with Gasteiger partial charge in [-0.2, -0.15) is 0 Å². The molecule has 3 rings (SSSR count). The second-order valence-corrected chi connectivity index (χ2v) is 6.33. The van der Waals surface area contributed by atoms with E-state index in [4.69, 9.17) is 0 Å². The van der Waals surface area contributed by atoms with E-state index in [1.807, 2.05) is 38.1 Å². The zero-order valence-electron chi connectivity index (χ0n) is 15.4. The van der Waals surface area contributed by atoms with Crippen molar-refractivity contribution < 1.29 is 9.18 Å². The number of hydrogen-bond acceptors (Lipinski definition) is 4. The molecule has 1 fully saturated rings. The highest BCUT2D eigenvalue weighted by Gasteiger charge is 2.19. The Balaban J connectivity index is 1.61. The van der Waals surface area contributed by atoms with Crippen molar-refractivity contribution in [2.75, 3.05) is 49.1 Å². The number of anilines is 2. The highest BCUT2D eigenvalue weighted by Crippen LogP contribution is 2.20. The summed E-state index contributed by atoms with van der Waals surface area (Å²) in [6.45, 7) is 8.74. The molecule has 26 heavy (non-hydrogen) atoms. The molecule has 138 valence electrons. The van der Waals surface area contributed by atoms with Gasteiger partial charge in [0.2, 0.25) is 0 Å². The largest absolute Gasteiger partial charge is 0.368 e. The number of carbonyl (C=O) groups excluding carboxylic acids is 1. The van der Waals surface area contributed by atoms with Crippen LogP contribution in [0.15, 0.2) is 42.6 Å². The number of amides is 1. The van der Waals surface area contributed by atoms with Gasteiger partial charge in [0, 0.05) is 51.2 Å². The van der Waals surface area contributed by atoms with Gasteiger partial charge in [-0.3, -0.25) is 4.79 Å². The summed E-state index contributed by atoms with van der Waals surface area (Å²) in [4.78, 5) is 23.1. The van der Waals surface area contributed by atoms with Gasteiger partial charge in [0.15, 0.2) is 0 Å². The van der Waals surface area contributed by atoms with E-state index in [9.17, 15) is 9.18 Å². The van der Waals surface area contributed by atoms with Gasteiger partial charge < -0.3 is 14.7 Å². The molecule has 5 nitrogen and oxygen atoms in total. The predicted molar refractivity (Wildman–Crippen MR) is 102 cm³/mol. The molecule has 1 amide bonds. The average molecular weight is 356 g/mol. The van der Waals surface area contributed by atoms with Crippen molar-refractivity contribution in [2.24, 2.45) is 0 Å². The average Bonchev–Trinajstić information content (AvgIpc) is 2.70. The summed E-state index contributed by atoms with van der Waals surface area (Å²) in [6, 6.07) is 10.4. The third-order valence-electron chi connectivity index (χ3n) is 4.84. The van der Waals surface area contributed by atoms with Crippen LogP contribution in [-0.2, 0) is 0 Å². The number of aromatic nitrogens is 1. The van der Waals surface area contributed by atoms with E-state index in [0.717, 1.165) is 37.7 Å². The highest BCUT2D eigenvalue weighted by molar-refractivity contribution is 5.94. The Morgan fingerprint density at radius 2 is 1.62 bits per heavy atom. The van der Waals surface area contributed by atoms with Crippen LogP contribution in [0, 0.1) is 5.82 Å². The topological polar surface area (TPSA) is 39.7 Å². The van der Waals surface area contributed by atoms with E-state index >= 15 is 0 Å². The number of halogens is 1. The fourth-order valence-electron chi connectivity index (χ4n) is 3.24. The van der Waals surface area contributed by atoms with Crippen molar-refractivity contribution in [2.45, 2.75) is 13.8 Å². The summed E-state index contributed by atoms with van der Waals surface area (Å²) < 4.78 is 13.1. The maximum atomic E-state index is 13.1. The second-order valence-electron chi connectivity index (χ2n) is 6.33. The molecule has 0 saturated carbocycles. The summed E-state index contributed by atoms with van der Waals surface area (Å²) in [5.74, 6) is 0.700. The lowest BCUT2D eigenvalue weighted by Crippen LogP contribution is -2.46. The molecular formula is C20H25FN4O. The molecule has 2 aromatic rings. The van der Waals surface area contributed by atoms with Crippen LogP contribution < -0.4 is 9.80 Å². The predicted octanol–water partition coefficient (Wildman–Crippen LogP) is 3.03. The van der Waals surface area contributed by atoms with Crippen molar-refractivity contribution in [3.8, 4) is 0 Å². The molecule has 1 aromatic carbocycles. The number of hydrogen-bond donors (Lipinski definition) is 0. The number of rotatable bonds is 5. The molecule has 1 aliphatic rings. The van der Waals surface area contributed by atoms with Gasteiger partial charge in [-0.05, 0) is 50.2 Å². The Bertz CT molecular complexity index is 720. The van der Waals surface area contributed by atoms with Crippen molar-refractivity contribution in [1.29, 1.82) is 0 Å². The number of carbonyl (C=O) groups is 1. The number of benzene rings is 1. The molecule has 0 atom stereocenters. The van der Waals surface area contributed by atoms with E-state index < -0.39 is 0 Å². The van der Waals surface area contributed by atoms with Gasteiger partial charge in [0.1, 0.15) is 11.6 Å². The number of piperazine rings is 1. The Morgan fingerprint density at radius 3 is 2.15 bits per heavy atom. The van der Waals surface area contributed by atoms with Crippen LogP contribution in [0.25, 0.3) is 0 Å². The molecular weight excluding hydrogens is 331 g/mol. The molecule has 0 bridgehead atoms. The summed E-state index contributed by atoms with van der Waals surface area (Å²) in [5.41, 5.74) is 1.67. The summed E-state index contributed by atoms with van der Waals surface area (Å²) in [7, 11) is 0. The third kappa shape index (κ3) is 3.95. The Morgan fingerprint density at radius 1 is 1.00 bits per heavy atom. The first-order chi connectivity index (χ1) is 12.6. The lowest BCUT2D eigenvalue weighted by atomic mass is 10.2. The number of nitrogens with zero attached hydrogens (tertiary/aromatic N) is 4. The van der Waals surface area contributed by atoms with Crippen LogP contribution in [0.5, 0.6) is 0 Å². The van der Waals surface area contributed by atoms with Crippen LogP contribution in [0.1, 0.15) is 24.2 Å². The molecule has 1 aromatic heterocycles. The third-order valence-corrected chi connectivity index (χ3v) is 4.84. The van der Waals surface area contributed by atoms with E-state index in [0.29, 0.717) is 18.7 Å². The fraction of sp³-hybridized carbons (Fsp3) is 0.400. The van der Waals surface area contributed by atoms with Crippen molar-refractivity contribution in [3.63, 3.8) is 0 Å². The minimum Gasteiger partial charge on any atom is -0.368 e. The van der Waals surface area contributed by atoms with Gasteiger partial charge in [0.05, 0.1) is 5.56 Å². The Kier molecular flexibility index (Phi) is 5.71. The maximum Gasteiger partial charge on any atom is 0.255 e. The van der Waals surface area contributed by atoms with Crippen LogP contribution in [0.3, 0.4) is 0 Å². The molecule has 0 spiro atoms. The quantitative estimate of drug-likeness (QED) is 0.826. The molecule has 2 heterocycles. The molecule has 0 aliphatic carbocycles. The van der Waals surface area contributed by atoms with E-state index in [1.54, 1.807) is 11.1 Å². The maximum absolute atomic E-state index is 13.1. The zero-order chi connectivity index (χ0) is 18.5. The molecule has 6 heteroatoms. The smallest absolute Gasteiger partial charge is 0.255 e. The minimum absolute atomic E-state index is 0.0233. The summed E-state index contributed by atoms with van der Waals surface area (Å²) in [6.07, 6.45) is 1.67. The lowest BCUT2D eigenvalue weighted by molar-refractivity contribution is 0.0772. The fourth-order valence-corrected chi connectivity index (χ4v) is 3.24. The van der Waals surface area contributed by atoms with Gasteiger partial charge >= 0.3 is 0 Å². The Labute approximate surface area is 154 Å². The van der Waals surface area contributed by atoms with Gasteiger partial charge in [0.25, 0.3) is 5.91 Å². The van der Waals surface area contributed by atoms with Gasteiger partial charge in [-0.15, -0.1) is 0 Å². The summed E-state index contributed by atoms with van der Waals surface area (Å²) in [5, 5.41) is 0. The number of pyridine rings is 1. The van der Waals surface area contributed by atoms with E-state index in [-0.39, 0.29) is 11.7 Å². The molecule has 1 aliphatic heterocycles. The lowest BCUT2D eigenvalue weighted by Gasteiger charge is -2.36. The normalized spacial score (nSPS) is 14.4. The zero-order valence-corrected chi connectivity index (χ0v) is 15.4. The van der Waals surface area contributed by atoms with Crippen molar-refractivity contribution >= 4 is 17.4 Å². The monoisotopic (exact) mass is 356 g/mol. The molecule has 0 unspecified atom stereocenters. The molecule has 0 radical (unpaired) electrons.